The quantitative estimate of drug-likeness (QED) is 0.637. The molecule has 84 valence electrons. The number of unbranched alkanes of at least 4 members (excludes halogenated alkanes) is 1. The minimum absolute atomic E-state index is 0.718. The second-order valence-corrected chi connectivity index (χ2v) is 4.39. The fraction of sp³-hybridized carbons (Fsp3) is 0.538. The lowest BCUT2D eigenvalue weighted by Crippen LogP contribution is -1.92. The summed E-state index contributed by atoms with van der Waals surface area (Å²) >= 11 is 0. The van der Waals surface area contributed by atoms with Gasteiger partial charge in [-0.15, -0.1) is 0 Å². The lowest BCUT2D eigenvalue weighted by Gasteiger charge is -2.04. The van der Waals surface area contributed by atoms with Crippen LogP contribution < -0.4 is 0 Å². The van der Waals surface area contributed by atoms with E-state index in [1.807, 2.05) is 0 Å². The van der Waals surface area contributed by atoms with Crippen LogP contribution in [0.3, 0.4) is 0 Å². The van der Waals surface area contributed by atoms with Crippen molar-refractivity contribution in [2.75, 3.05) is 0 Å². The Morgan fingerprint density at radius 1 is 1.07 bits per heavy atom. The third kappa shape index (κ3) is 4.41. The van der Waals surface area contributed by atoms with Crippen molar-refractivity contribution in [3.05, 3.63) is 35.4 Å². The smallest absolute Gasteiger partial charge is 0.159 e. The Labute approximate surface area is 90.3 Å². The first-order valence-electron chi connectivity index (χ1n) is 5.53. The van der Waals surface area contributed by atoms with E-state index in [4.69, 9.17) is 0 Å². The van der Waals surface area contributed by atoms with Crippen LogP contribution >= 0.6 is 0 Å². The minimum Gasteiger partial charge on any atom is -0.204 e. The molecular formula is C13H18F2. The first-order chi connectivity index (χ1) is 7.09. The van der Waals surface area contributed by atoms with Crippen molar-refractivity contribution < 1.29 is 8.78 Å². The van der Waals surface area contributed by atoms with Crippen molar-refractivity contribution in [1.29, 1.82) is 0 Å². The average molecular weight is 212 g/mol. The average Bonchev–Trinajstić information content (AvgIpc) is 2.18. The first-order valence-corrected chi connectivity index (χ1v) is 5.53. The zero-order valence-corrected chi connectivity index (χ0v) is 9.39. The number of rotatable bonds is 5. The molecule has 1 aromatic carbocycles. The highest BCUT2D eigenvalue weighted by atomic mass is 19.2. The number of benzene rings is 1. The van der Waals surface area contributed by atoms with Gasteiger partial charge in [0.1, 0.15) is 0 Å². The third-order valence-corrected chi connectivity index (χ3v) is 2.48. The maximum atomic E-state index is 12.8. The normalized spacial score (nSPS) is 11.0. The van der Waals surface area contributed by atoms with Crippen LogP contribution in [-0.2, 0) is 6.42 Å². The number of hydrogen-bond donors (Lipinski definition) is 0. The van der Waals surface area contributed by atoms with E-state index in [-0.39, 0.29) is 0 Å². The van der Waals surface area contributed by atoms with Crippen molar-refractivity contribution in [3.8, 4) is 0 Å². The van der Waals surface area contributed by atoms with Gasteiger partial charge in [0.15, 0.2) is 11.6 Å². The molecule has 0 saturated heterocycles. The molecule has 1 rings (SSSR count). The Kier molecular flexibility index (Phi) is 4.73. The summed E-state index contributed by atoms with van der Waals surface area (Å²) in [5.41, 5.74) is 0.887. The number of halogens is 2. The van der Waals surface area contributed by atoms with Gasteiger partial charge in [0.25, 0.3) is 0 Å². The maximum Gasteiger partial charge on any atom is 0.159 e. The molecule has 0 atom stereocenters. The van der Waals surface area contributed by atoms with E-state index in [0.29, 0.717) is 0 Å². The molecule has 15 heavy (non-hydrogen) atoms. The van der Waals surface area contributed by atoms with Gasteiger partial charge in [-0.25, -0.2) is 8.78 Å². The summed E-state index contributed by atoms with van der Waals surface area (Å²) in [6, 6.07) is 4.16. The highest BCUT2D eigenvalue weighted by Gasteiger charge is 2.02. The van der Waals surface area contributed by atoms with Gasteiger partial charge in [-0.2, -0.15) is 0 Å². The van der Waals surface area contributed by atoms with Crippen LogP contribution in [0.5, 0.6) is 0 Å². The van der Waals surface area contributed by atoms with Gasteiger partial charge in [0, 0.05) is 0 Å². The van der Waals surface area contributed by atoms with Gasteiger partial charge in [-0.05, 0) is 36.5 Å². The summed E-state index contributed by atoms with van der Waals surface area (Å²) in [6.07, 6.45) is 4.23. The lowest BCUT2D eigenvalue weighted by molar-refractivity contribution is 0.505. The zero-order chi connectivity index (χ0) is 11.3. The number of hydrogen-bond acceptors (Lipinski definition) is 0. The van der Waals surface area contributed by atoms with E-state index in [0.717, 1.165) is 30.7 Å². The second-order valence-electron chi connectivity index (χ2n) is 4.39. The molecule has 0 amide bonds. The van der Waals surface area contributed by atoms with E-state index in [1.165, 1.54) is 18.6 Å². The van der Waals surface area contributed by atoms with Gasteiger partial charge in [0.05, 0.1) is 0 Å². The molecule has 0 N–H and O–H groups in total. The largest absolute Gasteiger partial charge is 0.204 e. The fourth-order valence-corrected chi connectivity index (χ4v) is 1.58. The molecule has 0 bridgehead atoms. The monoisotopic (exact) mass is 212 g/mol. The van der Waals surface area contributed by atoms with Crippen molar-refractivity contribution in [2.24, 2.45) is 5.92 Å². The molecule has 0 aliphatic heterocycles. The van der Waals surface area contributed by atoms with E-state index in [9.17, 15) is 8.78 Å². The molecule has 0 fully saturated rings. The van der Waals surface area contributed by atoms with Crippen LogP contribution in [0.4, 0.5) is 8.78 Å². The Balaban J connectivity index is 2.35. The number of aryl methyl sites for hydroxylation is 1. The summed E-state index contributed by atoms with van der Waals surface area (Å²) in [6.45, 7) is 4.38. The van der Waals surface area contributed by atoms with Gasteiger partial charge >= 0.3 is 0 Å². The third-order valence-electron chi connectivity index (χ3n) is 2.48. The zero-order valence-electron chi connectivity index (χ0n) is 9.39. The van der Waals surface area contributed by atoms with Gasteiger partial charge < -0.3 is 0 Å². The molecule has 0 spiro atoms. The Morgan fingerprint density at radius 3 is 2.40 bits per heavy atom. The predicted molar refractivity (Wildman–Crippen MR) is 58.8 cm³/mol. The maximum absolute atomic E-state index is 12.8. The molecular weight excluding hydrogens is 194 g/mol. The van der Waals surface area contributed by atoms with Crippen LogP contribution in [0.25, 0.3) is 0 Å². The van der Waals surface area contributed by atoms with Crippen LogP contribution in [0.1, 0.15) is 38.7 Å². The minimum atomic E-state index is -0.763. The summed E-state index contributed by atoms with van der Waals surface area (Å²) in [4.78, 5) is 0. The van der Waals surface area contributed by atoms with Crippen molar-refractivity contribution in [3.63, 3.8) is 0 Å². The van der Waals surface area contributed by atoms with Gasteiger partial charge in [0.2, 0.25) is 0 Å². The lowest BCUT2D eigenvalue weighted by atomic mass is 10.0. The standard InChI is InChI=1S/C13H18F2/c1-10(2)5-3-4-6-11-7-8-12(14)13(15)9-11/h7-10H,3-6H2,1-2H3. The summed E-state index contributed by atoms with van der Waals surface area (Å²) in [5.74, 6) is -0.785. The van der Waals surface area contributed by atoms with E-state index in [2.05, 4.69) is 13.8 Å². The molecule has 1 aromatic rings. The SMILES string of the molecule is CC(C)CCCCc1ccc(F)c(F)c1. The molecule has 2 heteroatoms. The van der Waals surface area contributed by atoms with E-state index < -0.39 is 11.6 Å². The van der Waals surface area contributed by atoms with Crippen LogP contribution in [-0.4, -0.2) is 0 Å². The van der Waals surface area contributed by atoms with Crippen LogP contribution in [0.15, 0.2) is 18.2 Å². The highest BCUT2D eigenvalue weighted by molar-refractivity contribution is 5.17. The fourth-order valence-electron chi connectivity index (χ4n) is 1.58. The summed E-state index contributed by atoms with van der Waals surface area (Å²) in [7, 11) is 0. The van der Waals surface area contributed by atoms with E-state index >= 15 is 0 Å². The van der Waals surface area contributed by atoms with Crippen LogP contribution in [0.2, 0.25) is 0 Å². The molecule has 0 radical (unpaired) electrons. The topological polar surface area (TPSA) is 0 Å². The Morgan fingerprint density at radius 2 is 1.80 bits per heavy atom. The molecule has 0 aliphatic rings. The molecule has 0 aliphatic carbocycles. The van der Waals surface area contributed by atoms with Crippen molar-refractivity contribution in [1.82, 2.24) is 0 Å². The summed E-state index contributed by atoms with van der Waals surface area (Å²) < 4.78 is 25.5. The first kappa shape index (κ1) is 12.2. The summed E-state index contributed by atoms with van der Waals surface area (Å²) in [5, 5.41) is 0. The molecule has 0 aromatic heterocycles. The Bertz CT molecular complexity index is 305. The predicted octanol–water partition coefficient (Wildman–Crippen LogP) is 4.33. The van der Waals surface area contributed by atoms with Crippen molar-refractivity contribution >= 4 is 0 Å². The highest BCUT2D eigenvalue weighted by Crippen LogP contribution is 2.13. The molecule has 0 unspecified atom stereocenters. The second kappa shape index (κ2) is 5.84. The molecule has 0 saturated carbocycles. The Hall–Kier alpha value is -0.920. The van der Waals surface area contributed by atoms with Gasteiger partial charge in [-0.1, -0.05) is 32.8 Å². The van der Waals surface area contributed by atoms with Crippen LogP contribution in [0, 0.1) is 17.6 Å². The molecule has 0 nitrogen and oxygen atoms in total. The van der Waals surface area contributed by atoms with E-state index in [1.54, 1.807) is 6.07 Å². The molecule has 0 heterocycles. The van der Waals surface area contributed by atoms with Gasteiger partial charge in [-0.3, -0.25) is 0 Å². The van der Waals surface area contributed by atoms with Crippen molar-refractivity contribution in [2.45, 2.75) is 39.5 Å².